The van der Waals surface area contributed by atoms with E-state index in [-0.39, 0.29) is 18.5 Å². The molecule has 1 aliphatic carbocycles. The molecule has 0 saturated carbocycles. The zero-order chi connectivity index (χ0) is 28.9. The van der Waals surface area contributed by atoms with Crippen molar-refractivity contribution in [2.45, 2.75) is 64.7 Å². The third-order valence-electron chi connectivity index (χ3n) is 7.29. The summed E-state index contributed by atoms with van der Waals surface area (Å²) in [5.41, 5.74) is 4.18. The van der Waals surface area contributed by atoms with E-state index in [2.05, 4.69) is 29.1 Å². The Morgan fingerprint density at radius 2 is 1.85 bits per heavy atom. The average Bonchev–Trinajstić information content (AvgIpc) is 3.55. The van der Waals surface area contributed by atoms with E-state index in [1.54, 1.807) is 17.9 Å². The minimum Gasteiger partial charge on any atom is -0.481 e. The molecule has 40 heavy (non-hydrogen) atoms. The molecule has 0 aliphatic heterocycles. The van der Waals surface area contributed by atoms with E-state index >= 15 is 0 Å². The summed E-state index contributed by atoms with van der Waals surface area (Å²) in [7, 11) is 1.79. The number of nitriles is 1. The van der Waals surface area contributed by atoms with Crippen molar-refractivity contribution < 1.29 is 23.1 Å². The summed E-state index contributed by atoms with van der Waals surface area (Å²) >= 11 is 0. The molecule has 1 N–H and O–H groups in total. The SMILES string of the molecule is CCN(CCCCC(=O)O)c1cc2c(cc1CN(Cc1cc(C#N)cc(C(F)(F)F)c1)c1ccn(C)n1)CCC2. The third-order valence-corrected chi connectivity index (χ3v) is 7.29. The molecule has 4 rings (SSSR count). The van der Waals surface area contributed by atoms with E-state index in [1.807, 2.05) is 17.0 Å². The van der Waals surface area contributed by atoms with Crippen molar-refractivity contribution >= 4 is 17.5 Å². The molecule has 0 saturated heterocycles. The number of hydrogen-bond donors (Lipinski definition) is 1. The first-order valence-electron chi connectivity index (χ1n) is 13.5. The Labute approximate surface area is 232 Å². The molecule has 0 fully saturated rings. The van der Waals surface area contributed by atoms with Gasteiger partial charge in [0.1, 0.15) is 0 Å². The lowest BCUT2D eigenvalue weighted by Crippen LogP contribution is -2.28. The molecule has 0 radical (unpaired) electrons. The van der Waals surface area contributed by atoms with Crippen LogP contribution in [0.25, 0.3) is 0 Å². The number of anilines is 2. The van der Waals surface area contributed by atoms with Crippen LogP contribution in [0, 0.1) is 11.3 Å². The van der Waals surface area contributed by atoms with Crippen molar-refractivity contribution in [3.8, 4) is 6.07 Å². The number of carboxylic acids is 1. The van der Waals surface area contributed by atoms with Gasteiger partial charge in [0.15, 0.2) is 5.82 Å². The van der Waals surface area contributed by atoms with E-state index in [9.17, 15) is 23.2 Å². The molecule has 0 spiro atoms. The lowest BCUT2D eigenvalue weighted by Gasteiger charge is -2.30. The van der Waals surface area contributed by atoms with Gasteiger partial charge >= 0.3 is 12.1 Å². The van der Waals surface area contributed by atoms with Gasteiger partial charge in [-0.1, -0.05) is 6.07 Å². The van der Waals surface area contributed by atoms with Crippen molar-refractivity contribution in [2.75, 3.05) is 22.9 Å². The predicted octanol–water partition coefficient (Wildman–Crippen LogP) is 6.09. The first kappa shape index (κ1) is 29.0. The number of hydrogen-bond acceptors (Lipinski definition) is 5. The number of nitrogens with zero attached hydrogens (tertiary/aromatic N) is 5. The van der Waals surface area contributed by atoms with Gasteiger partial charge in [0.05, 0.1) is 17.2 Å². The van der Waals surface area contributed by atoms with Crippen LogP contribution in [0.3, 0.4) is 0 Å². The van der Waals surface area contributed by atoms with Gasteiger partial charge in [0, 0.05) is 57.6 Å². The Hall–Kier alpha value is -4.00. The zero-order valence-corrected chi connectivity index (χ0v) is 22.8. The molecule has 0 unspecified atom stereocenters. The van der Waals surface area contributed by atoms with Crippen LogP contribution >= 0.6 is 0 Å². The van der Waals surface area contributed by atoms with Gasteiger partial charge in [-0.05, 0) is 85.5 Å². The number of carboxylic acid groups (broad SMARTS) is 1. The highest BCUT2D eigenvalue weighted by Crippen LogP contribution is 2.34. The van der Waals surface area contributed by atoms with Crippen molar-refractivity contribution in [3.05, 3.63) is 76.0 Å². The Morgan fingerprint density at radius 1 is 1.10 bits per heavy atom. The molecular formula is C30H34F3N5O2. The van der Waals surface area contributed by atoms with E-state index in [0.29, 0.717) is 30.9 Å². The number of benzene rings is 2. The van der Waals surface area contributed by atoms with Gasteiger partial charge in [0.2, 0.25) is 0 Å². The predicted molar refractivity (Wildman–Crippen MR) is 147 cm³/mol. The van der Waals surface area contributed by atoms with E-state index in [4.69, 9.17) is 5.11 Å². The lowest BCUT2D eigenvalue weighted by atomic mass is 10.0. The summed E-state index contributed by atoms with van der Waals surface area (Å²) < 4.78 is 42.4. The number of fused-ring (bicyclic) bond motifs is 1. The molecule has 2 aromatic carbocycles. The summed E-state index contributed by atoms with van der Waals surface area (Å²) in [5, 5.41) is 23.0. The maximum Gasteiger partial charge on any atom is 0.416 e. The fourth-order valence-electron chi connectivity index (χ4n) is 5.34. The van der Waals surface area contributed by atoms with Crippen molar-refractivity contribution in [1.29, 1.82) is 5.26 Å². The number of rotatable bonds is 12. The van der Waals surface area contributed by atoms with Crippen molar-refractivity contribution in [1.82, 2.24) is 9.78 Å². The van der Waals surface area contributed by atoms with Crippen LogP contribution < -0.4 is 9.80 Å². The number of aryl methyl sites for hydroxylation is 3. The highest BCUT2D eigenvalue weighted by molar-refractivity contribution is 5.66. The van der Waals surface area contributed by atoms with E-state index < -0.39 is 17.7 Å². The van der Waals surface area contributed by atoms with Gasteiger partial charge < -0.3 is 14.9 Å². The fourth-order valence-corrected chi connectivity index (χ4v) is 5.34. The van der Waals surface area contributed by atoms with Gasteiger partial charge in [-0.3, -0.25) is 9.48 Å². The van der Waals surface area contributed by atoms with Crippen LogP contribution in [-0.4, -0.2) is 33.9 Å². The summed E-state index contributed by atoms with van der Waals surface area (Å²) in [5.74, 6) is -0.184. The largest absolute Gasteiger partial charge is 0.481 e. The number of carbonyl (C=O) groups is 1. The molecule has 10 heteroatoms. The number of unbranched alkanes of at least 4 members (excludes halogenated alkanes) is 1. The topological polar surface area (TPSA) is 85.4 Å². The van der Waals surface area contributed by atoms with Gasteiger partial charge in [-0.2, -0.15) is 23.5 Å². The normalized spacial score (nSPS) is 12.7. The van der Waals surface area contributed by atoms with Crippen LogP contribution in [0.15, 0.2) is 42.6 Å². The molecule has 7 nitrogen and oxygen atoms in total. The highest BCUT2D eigenvalue weighted by atomic mass is 19.4. The summed E-state index contributed by atoms with van der Waals surface area (Å²) in [4.78, 5) is 15.2. The molecule has 1 heterocycles. The number of aliphatic carboxylic acids is 1. The maximum atomic E-state index is 13.6. The smallest absolute Gasteiger partial charge is 0.416 e. The lowest BCUT2D eigenvalue weighted by molar-refractivity contribution is -0.138. The quantitative estimate of drug-likeness (QED) is 0.273. The maximum absolute atomic E-state index is 13.6. The highest BCUT2D eigenvalue weighted by Gasteiger charge is 2.31. The Morgan fingerprint density at radius 3 is 2.48 bits per heavy atom. The number of aromatic nitrogens is 2. The molecule has 1 aliphatic rings. The third kappa shape index (κ3) is 7.14. The number of alkyl halides is 3. The molecule has 212 valence electrons. The summed E-state index contributed by atoms with van der Waals surface area (Å²) in [6.45, 7) is 4.05. The van der Waals surface area contributed by atoms with Gasteiger partial charge in [-0.15, -0.1) is 0 Å². The van der Waals surface area contributed by atoms with Crippen LogP contribution in [0.1, 0.15) is 66.0 Å². The monoisotopic (exact) mass is 553 g/mol. The second kappa shape index (κ2) is 12.5. The Bertz CT molecular complexity index is 1390. The van der Waals surface area contributed by atoms with E-state index in [0.717, 1.165) is 55.6 Å². The van der Waals surface area contributed by atoms with Gasteiger partial charge in [-0.25, -0.2) is 0 Å². The first-order valence-corrected chi connectivity index (χ1v) is 13.5. The first-order chi connectivity index (χ1) is 19.1. The molecule has 3 aromatic rings. The van der Waals surface area contributed by atoms with Crippen molar-refractivity contribution in [2.24, 2.45) is 7.05 Å². The van der Waals surface area contributed by atoms with Crippen molar-refractivity contribution in [3.63, 3.8) is 0 Å². The average molecular weight is 554 g/mol. The molecule has 0 bridgehead atoms. The summed E-state index contributed by atoms with van der Waals surface area (Å²) in [6.07, 6.45) is 1.75. The fraction of sp³-hybridized carbons (Fsp3) is 0.433. The Balaban J connectivity index is 1.70. The Kier molecular flexibility index (Phi) is 9.03. The minimum absolute atomic E-state index is 0.0393. The number of halogens is 3. The van der Waals surface area contributed by atoms with Crippen LogP contribution in [0.5, 0.6) is 0 Å². The van der Waals surface area contributed by atoms with E-state index in [1.165, 1.54) is 17.2 Å². The second-order valence-corrected chi connectivity index (χ2v) is 10.3. The molecule has 0 atom stereocenters. The van der Waals surface area contributed by atoms with Crippen LogP contribution in [0.4, 0.5) is 24.7 Å². The second-order valence-electron chi connectivity index (χ2n) is 10.3. The molecule has 1 aromatic heterocycles. The minimum atomic E-state index is -4.56. The molecular weight excluding hydrogens is 519 g/mol. The standard InChI is InChI=1S/C30H34F3N5O2/c1-3-37(11-5-4-9-29(39)40)27-17-24-8-6-7-23(24)16-25(27)20-38(28-10-12-36(2)35-28)19-22-13-21(18-34)14-26(15-22)30(31,32)33/h10,12-17H,3-9,11,19-20H2,1-2H3,(H,39,40). The zero-order valence-electron chi connectivity index (χ0n) is 22.8. The van der Waals surface area contributed by atoms with Gasteiger partial charge in [0.25, 0.3) is 0 Å². The molecule has 0 amide bonds. The van der Waals surface area contributed by atoms with Crippen LogP contribution in [0.2, 0.25) is 0 Å². The summed E-state index contributed by atoms with van der Waals surface area (Å²) in [6, 6.07) is 11.6. The van der Waals surface area contributed by atoms with Crippen LogP contribution in [-0.2, 0) is 43.9 Å².